The highest BCUT2D eigenvalue weighted by Crippen LogP contribution is 2.24. The van der Waals surface area contributed by atoms with Gasteiger partial charge in [0.15, 0.2) is 0 Å². The molecule has 4 nitrogen and oxygen atoms in total. The predicted molar refractivity (Wildman–Crippen MR) is 83.1 cm³/mol. The van der Waals surface area contributed by atoms with Gasteiger partial charge in [0, 0.05) is 24.7 Å². The van der Waals surface area contributed by atoms with Crippen molar-refractivity contribution in [1.29, 1.82) is 0 Å². The largest absolute Gasteiger partial charge is 0.373 e. The number of anilines is 3. The minimum absolute atomic E-state index is 0.226. The number of aromatic nitrogens is 2. The molecule has 1 aromatic carbocycles. The fourth-order valence-electron chi connectivity index (χ4n) is 1.64. The van der Waals surface area contributed by atoms with E-state index in [1.165, 1.54) is 6.07 Å². The molecule has 0 atom stereocenters. The Morgan fingerprint density at radius 2 is 1.85 bits per heavy atom. The van der Waals surface area contributed by atoms with Crippen LogP contribution in [0.1, 0.15) is 25.6 Å². The molecule has 2 N–H and O–H groups in total. The average Bonchev–Trinajstić information content (AvgIpc) is 2.42. The maximum atomic E-state index is 13.2. The van der Waals surface area contributed by atoms with Crippen molar-refractivity contribution < 1.29 is 4.39 Å². The van der Waals surface area contributed by atoms with Crippen LogP contribution >= 0.6 is 15.9 Å². The summed E-state index contributed by atoms with van der Waals surface area (Å²) in [6, 6.07) is 6.54. The number of rotatable bonds is 4. The Balaban J connectivity index is 2.32. The second-order valence-electron chi connectivity index (χ2n) is 4.66. The normalized spacial score (nSPS) is 10.7. The van der Waals surface area contributed by atoms with Crippen molar-refractivity contribution in [2.24, 2.45) is 0 Å². The molecule has 0 aliphatic carbocycles. The molecular formula is C14H16BrFN4. The minimum Gasteiger partial charge on any atom is -0.373 e. The van der Waals surface area contributed by atoms with Gasteiger partial charge in [-0.05, 0) is 34.1 Å². The van der Waals surface area contributed by atoms with Gasteiger partial charge in [-0.1, -0.05) is 13.8 Å². The molecule has 0 aliphatic heterocycles. The third-order valence-electron chi connectivity index (χ3n) is 2.71. The number of nitrogens with one attached hydrogen (secondary N) is 2. The zero-order valence-electron chi connectivity index (χ0n) is 11.5. The summed E-state index contributed by atoms with van der Waals surface area (Å²) in [5.74, 6) is 2.10. The van der Waals surface area contributed by atoms with Crippen LogP contribution in [-0.2, 0) is 0 Å². The molecular weight excluding hydrogens is 323 g/mol. The van der Waals surface area contributed by atoms with Gasteiger partial charge in [0.2, 0.25) is 0 Å². The summed E-state index contributed by atoms with van der Waals surface area (Å²) >= 11 is 3.17. The SMILES string of the molecule is CNc1cc(Nc2ccc(F)c(Br)c2)nc(C(C)C)n1. The van der Waals surface area contributed by atoms with Crippen LogP contribution in [0, 0.1) is 5.82 Å². The molecule has 0 radical (unpaired) electrons. The van der Waals surface area contributed by atoms with Crippen molar-refractivity contribution in [3.8, 4) is 0 Å². The van der Waals surface area contributed by atoms with Crippen LogP contribution < -0.4 is 10.6 Å². The van der Waals surface area contributed by atoms with Crippen molar-refractivity contribution in [3.63, 3.8) is 0 Å². The van der Waals surface area contributed by atoms with Gasteiger partial charge in [0.1, 0.15) is 23.3 Å². The molecule has 0 unspecified atom stereocenters. The van der Waals surface area contributed by atoms with E-state index in [1.54, 1.807) is 12.1 Å². The van der Waals surface area contributed by atoms with Gasteiger partial charge in [-0.15, -0.1) is 0 Å². The van der Waals surface area contributed by atoms with E-state index in [0.29, 0.717) is 10.3 Å². The lowest BCUT2D eigenvalue weighted by atomic mass is 10.2. The Morgan fingerprint density at radius 1 is 1.15 bits per heavy atom. The van der Waals surface area contributed by atoms with E-state index < -0.39 is 0 Å². The fourth-order valence-corrected chi connectivity index (χ4v) is 2.02. The van der Waals surface area contributed by atoms with Crippen molar-refractivity contribution in [2.45, 2.75) is 19.8 Å². The number of hydrogen-bond donors (Lipinski definition) is 2. The van der Waals surface area contributed by atoms with Crippen LogP contribution in [0.2, 0.25) is 0 Å². The number of hydrogen-bond acceptors (Lipinski definition) is 4. The molecule has 20 heavy (non-hydrogen) atoms. The monoisotopic (exact) mass is 338 g/mol. The molecule has 0 saturated heterocycles. The topological polar surface area (TPSA) is 49.8 Å². The average molecular weight is 339 g/mol. The minimum atomic E-state index is -0.294. The third kappa shape index (κ3) is 3.45. The second kappa shape index (κ2) is 6.17. The first-order valence-corrected chi connectivity index (χ1v) is 7.07. The summed E-state index contributed by atoms with van der Waals surface area (Å²) in [7, 11) is 1.81. The molecule has 0 saturated carbocycles. The highest BCUT2D eigenvalue weighted by Gasteiger charge is 2.08. The van der Waals surface area contributed by atoms with E-state index >= 15 is 0 Å². The fraction of sp³-hybridized carbons (Fsp3) is 0.286. The van der Waals surface area contributed by atoms with Crippen LogP contribution in [0.4, 0.5) is 21.7 Å². The summed E-state index contributed by atoms with van der Waals surface area (Å²) in [6.07, 6.45) is 0. The first-order valence-electron chi connectivity index (χ1n) is 6.28. The molecule has 1 aromatic heterocycles. The van der Waals surface area contributed by atoms with Gasteiger partial charge in [0.25, 0.3) is 0 Å². The Labute approximate surface area is 126 Å². The van der Waals surface area contributed by atoms with E-state index in [9.17, 15) is 4.39 Å². The zero-order valence-corrected chi connectivity index (χ0v) is 13.1. The standard InChI is InChI=1S/C14H16BrFN4/c1-8(2)14-19-12(17-3)7-13(20-14)18-9-4-5-11(16)10(15)6-9/h4-8H,1-3H3,(H2,17,18,19,20). The number of benzene rings is 1. The Kier molecular flexibility index (Phi) is 4.54. The lowest BCUT2D eigenvalue weighted by Crippen LogP contribution is -2.05. The summed E-state index contributed by atoms with van der Waals surface area (Å²) in [5, 5.41) is 6.16. The molecule has 2 aromatic rings. The Hall–Kier alpha value is -1.69. The van der Waals surface area contributed by atoms with E-state index in [-0.39, 0.29) is 11.7 Å². The third-order valence-corrected chi connectivity index (χ3v) is 3.32. The summed E-state index contributed by atoms with van der Waals surface area (Å²) in [6.45, 7) is 4.07. The lowest BCUT2D eigenvalue weighted by molar-refractivity contribution is 0.621. The molecule has 106 valence electrons. The van der Waals surface area contributed by atoms with E-state index in [2.05, 4.69) is 36.5 Å². The van der Waals surface area contributed by atoms with E-state index in [0.717, 1.165) is 17.3 Å². The molecule has 6 heteroatoms. The molecule has 0 amide bonds. The Bertz CT molecular complexity index is 616. The van der Waals surface area contributed by atoms with Gasteiger partial charge >= 0.3 is 0 Å². The van der Waals surface area contributed by atoms with Crippen molar-refractivity contribution >= 4 is 33.3 Å². The lowest BCUT2D eigenvalue weighted by Gasteiger charge is -2.11. The predicted octanol–water partition coefficient (Wildman–Crippen LogP) is 4.29. The van der Waals surface area contributed by atoms with Crippen molar-refractivity contribution in [3.05, 3.63) is 40.4 Å². The molecule has 0 fully saturated rings. The summed E-state index contributed by atoms with van der Waals surface area (Å²) < 4.78 is 13.6. The second-order valence-corrected chi connectivity index (χ2v) is 5.51. The van der Waals surface area contributed by atoms with Crippen LogP contribution in [0.5, 0.6) is 0 Å². The van der Waals surface area contributed by atoms with Crippen molar-refractivity contribution in [1.82, 2.24) is 9.97 Å². The highest BCUT2D eigenvalue weighted by atomic mass is 79.9. The maximum absolute atomic E-state index is 13.2. The summed E-state index contributed by atoms with van der Waals surface area (Å²) in [5.41, 5.74) is 0.758. The van der Waals surface area contributed by atoms with Crippen molar-refractivity contribution in [2.75, 3.05) is 17.7 Å². The van der Waals surface area contributed by atoms with Gasteiger partial charge in [-0.3, -0.25) is 0 Å². The smallest absolute Gasteiger partial charge is 0.137 e. The Morgan fingerprint density at radius 3 is 2.45 bits per heavy atom. The molecule has 2 rings (SSSR count). The van der Waals surface area contributed by atoms with Gasteiger partial charge in [-0.25, -0.2) is 14.4 Å². The maximum Gasteiger partial charge on any atom is 0.137 e. The van der Waals surface area contributed by atoms with Gasteiger partial charge in [0.05, 0.1) is 4.47 Å². The zero-order chi connectivity index (χ0) is 14.7. The van der Waals surface area contributed by atoms with Gasteiger partial charge in [-0.2, -0.15) is 0 Å². The first-order chi connectivity index (χ1) is 9.49. The molecule has 0 bridgehead atoms. The van der Waals surface area contributed by atoms with Crippen LogP contribution in [0.3, 0.4) is 0 Å². The van der Waals surface area contributed by atoms with Crippen LogP contribution in [-0.4, -0.2) is 17.0 Å². The molecule has 0 aliphatic rings. The quantitative estimate of drug-likeness (QED) is 0.873. The number of nitrogens with zero attached hydrogens (tertiary/aromatic N) is 2. The van der Waals surface area contributed by atoms with E-state index in [1.807, 2.05) is 27.0 Å². The van der Waals surface area contributed by atoms with Crippen LogP contribution in [0.15, 0.2) is 28.7 Å². The molecule has 1 heterocycles. The first kappa shape index (κ1) is 14.7. The van der Waals surface area contributed by atoms with E-state index in [4.69, 9.17) is 0 Å². The highest BCUT2D eigenvalue weighted by molar-refractivity contribution is 9.10. The van der Waals surface area contributed by atoms with Crippen LogP contribution in [0.25, 0.3) is 0 Å². The van der Waals surface area contributed by atoms with Gasteiger partial charge < -0.3 is 10.6 Å². The summed E-state index contributed by atoms with van der Waals surface area (Å²) in [4.78, 5) is 8.85. The molecule has 0 spiro atoms. The number of halogens is 2.